The van der Waals surface area contributed by atoms with Gasteiger partial charge in [0.25, 0.3) is 5.91 Å². The summed E-state index contributed by atoms with van der Waals surface area (Å²) in [7, 11) is 5.25. The van der Waals surface area contributed by atoms with E-state index in [1.807, 2.05) is 23.1 Å². The number of carbonyl (C=O) groups is 1. The lowest BCUT2D eigenvalue weighted by Crippen LogP contribution is -2.49. The second-order valence-electron chi connectivity index (χ2n) is 6.38. The molecule has 138 valence electrons. The first-order valence-corrected chi connectivity index (χ1v) is 9.30. The minimum atomic E-state index is -0.0175. The van der Waals surface area contributed by atoms with Crippen LogP contribution in [-0.4, -0.2) is 56.6 Å². The zero-order valence-corrected chi connectivity index (χ0v) is 16.8. The Balaban J connectivity index is 1.97. The average Bonchev–Trinajstić information content (AvgIpc) is 2.68. The molecule has 1 heterocycles. The van der Waals surface area contributed by atoms with Crippen LogP contribution in [0.15, 0.2) is 46.9 Å². The number of hydrogen-bond acceptors (Lipinski definition) is 4. The number of methoxy groups -OCH3 is 2. The third kappa shape index (κ3) is 3.71. The Morgan fingerprint density at radius 1 is 1.08 bits per heavy atom. The number of nitrogens with zero attached hydrogens (tertiary/aromatic N) is 2. The summed E-state index contributed by atoms with van der Waals surface area (Å²) in [5.41, 5.74) is 1.70. The average molecular weight is 419 g/mol. The molecule has 0 aromatic heterocycles. The molecular weight excluding hydrogens is 396 g/mol. The van der Waals surface area contributed by atoms with E-state index in [2.05, 4.69) is 40.0 Å². The van der Waals surface area contributed by atoms with Gasteiger partial charge in [0, 0.05) is 25.2 Å². The highest BCUT2D eigenvalue weighted by atomic mass is 79.9. The van der Waals surface area contributed by atoms with Crippen LogP contribution in [0.25, 0.3) is 0 Å². The largest absolute Gasteiger partial charge is 0.495 e. The van der Waals surface area contributed by atoms with E-state index in [4.69, 9.17) is 9.47 Å². The zero-order chi connectivity index (χ0) is 18.7. The highest BCUT2D eigenvalue weighted by Crippen LogP contribution is 2.37. The molecule has 26 heavy (non-hydrogen) atoms. The fourth-order valence-corrected chi connectivity index (χ4v) is 3.83. The summed E-state index contributed by atoms with van der Waals surface area (Å²) >= 11 is 3.46. The van der Waals surface area contributed by atoms with E-state index in [-0.39, 0.29) is 11.9 Å². The van der Waals surface area contributed by atoms with Crippen molar-refractivity contribution in [1.29, 1.82) is 0 Å². The van der Waals surface area contributed by atoms with Crippen LogP contribution in [0.1, 0.15) is 22.0 Å². The van der Waals surface area contributed by atoms with E-state index in [1.54, 1.807) is 26.4 Å². The zero-order valence-electron chi connectivity index (χ0n) is 15.2. The van der Waals surface area contributed by atoms with Crippen LogP contribution in [-0.2, 0) is 0 Å². The van der Waals surface area contributed by atoms with Crippen molar-refractivity contribution in [3.63, 3.8) is 0 Å². The minimum absolute atomic E-state index is 0.0167. The monoisotopic (exact) mass is 418 g/mol. The van der Waals surface area contributed by atoms with Gasteiger partial charge in [-0.25, -0.2) is 0 Å². The molecule has 0 aliphatic carbocycles. The standard InChI is InChI=1S/C20H23BrN2O3/c1-22-9-10-23(16(13-22)14-7-5-4-6-8-14)20(24)15-11-17(25-2)19(21)18(12-15)26-3/h4-8,11-12,16H,9-10,13H2,1-3H3/t16-/m1/s1. The molecule has 1 amide bonds. The third-order valence-electron chi connectivity index (χ3n) is 4.72. The van der Waals surface area contributed by atoms with Crippen molar-refractivity contribution in [2.45, 2.75) is 6.04 Å². The van der Waals surface area contributed by atoms with Gasteiger partial charge in [0.15, 0.2) is 0 Å². The summed E-state index contributed by atoms with van der Waals surface area (Å²) < 4.78 is 11.5. The fraction of sp³-hybridized carbons (Fsp3) is 0.350. The molecule has 5 nitrogen and oxygen atoms in total. The van der Waals surface area contributed by atoms with Gasteiger partial charge in [-0.15, -0.1) is 0 Å². The summed E-state index contributed by atoms with van der Waals surface area (Å²) in [6, 6.07) is 13.7. The Hall–Kier alpha value is -2.05. The Kier molecular flexibility index (Phi) is 5.84. The predicted molar refractivity (Wildman–Crippen MR) is 105 cm³/mol. The van der Waals surface area contributed by atoms with Crippen molar-refractivity contribution in [3.05, 3.63) is 58.1 Å². The Bertz CT molecular complexity index is 757. The quantitative estimate of drug-likeness (QED) is 0.760. The maximum absolute atomic E-state index is 13.3. The molecule has 0 spiro atoms. The molecule has 0 radical (unpaired) electrons. The molecule has 1 aliphatic rings. The lowest BCUT2D eigenvalue weighted by Gasteiger charge is -2.40. The number of ether oxygens (including phenoxy) is 2. The summed E-state index contributed by atoms with van der Waals surface area (Å²) in [5.74, 6) is 1.15. The number of amides is 1. The number of rotatable bonds is 4. The maximum Gasteiger partial charge on any atom is 0.254 e. The summed E-state index contributed by atoms with van der Waals surface area (Å²) in [6.07, 6.45) is 0. The SMILES string of the molecule is COc1cc(C(=O)N2CCN(C)C[C@@H]2c2ccccc2)cc(OC)c1Br. The van der Waals surface area contributed by atoms with Crippen molar-refractivity contribution in [3.8, 4) is 11.5 Å². The second kappa shape index (κ2) is 8.10. The molecule has 2 aromatic rings. The number of hydrogen-bond donors (Lipinski definition) is 0. The van der Waals surface area contributed by atoms with Crippen molar-refractivity contribution >= 4 is 21.8 Å². The first-order chi connectivity index (χ1) is 12.5. The third-order valence-corrected chi connectivity index (χ3v) is 5.50. The molecule has 1 aliphatic heterocycles. The van der Waals surface area contributed by atoms with E-state index < -0.39 is 0 Å². The van der Waals surface area contributed by atoms with Crippen LogP contribution < -0.4 is 9.47 Å². The lowest BCUT2D eigenvalue weighted by molar-refractivity contribution is 0.0497. The van der Waals surface area contributed by atoms with E-state index in [0.29, 0.717) is 28.1 Å². The van der Waals surface area contributed by atoms with Gasteiger partial charge >= 0.3 is 0 Å². The van der Waals surface area contributed by atoms with Gasteiger partial charge in [-0.3, -0.25) is 4.79 Å². The number of carbonyl (C=O) groups excluding carboxylic acids is 1. The molecule has 0 bridgehead atoms. The van der Waals surface area contributed by atoms with Crippen molar-refractivity contribution < 1.29 is 14.3 Å². The Morgan fingerprint density at radius 3 is 2.27 bits per heavy atom. The van der Waals surface area contributed by atoms with Crippen LogP contribution in [0.5, 0.6) is 11.5 Å². The van der Waals surface area contributed by atoms with Gasteiger partial charge in [-0.2, -0.15) is 0 Å². The number of piperazine rings is 1. The van der Waals surface area contributed by atoms with E-state index in [1.165, 1.54) is 0 Å². The van der Waals surface area contributed by atoms with Crippen molar-refractivity contribution in [1.82, 2.24) is 9.80 Å². The van der Waals surface area contributed by atoms with Crippen LogP contribution in [0, 0.1) is 0 Å². The number of halogens is 1. The van der Waals surface area contributed by atoms with Crippen molar-refractivity contribution in [2.24, 2.45) is 0 Å². The second-order valence-corrected chi connectivity index (χ2v) is 7.18. The normalized spacial score (nSPS) is 17.8. The van der Waals surface area contributed by atoms with Crippen LogP contribution >= 0.6 is 15.9 Å². The van der Waals surface area contributed by atoms with Gasteiger partial charge < -0.3 is 19.3 Å². The molecule has 1 saturated heterocycles. The van der Waals surface area contributed by atoms with Crippen LogP contribution in [0.4, 0.5) is 0 Å². The first-order valence-electron chi connectivity index (χ1n) is 8.51. The molecule has 0 saturated carbocycles. The predicted octanol–water partition coefficient (Wildman–Crippen LogP) is 3.60. The van der Waals surface area contributed by atoms with E-state index in [9.17, 15) is 4.79 Å². The summed E-state index contributed by atoms with van der Waals surface area (Å²) in [4.78, 5) is 17.5. The number of likely N-dealkylation sites (N-methyl/N-ethyl adjacent to an activating group) is 1. The van der Waals surface area contributed by atoms with E-state index >= 15 is 0 Å². The van der Waals surface area contributed by atoms with Gasteiger partial charge in [-0.1, -0.05) is 30.3 Å². The molecule has 0 unspecified atom stereocenters. The molecule has 2 aromatic carbocycles. The number of benzene rings is 2. The maximum atomic E-state index is 13.3. The van der Waals surface area contributed by atoms with Gasteiger partial charge in [0.05, 0.1) is 20.3 Å². The smallest absolute Gasteiger partial charge is 0.254 e. The molecule has 1 atom stereocenters. The molecule has 1 fully saturated rings. The summed E-state index contributed by atoms with van der Waals surface area (Å²) in [6.45, 7) is 2.33. The molecule has 6 heteroatoms. The minimum Gasteiger partial charge on any atom is -0.495 e. The van der Waals surface area contributed by atoms with E-state index in [0.717, 1.165) is 18.7 Å². The first kappa shape index (κ1) is 18.7. The highest BCUT2D eigenvalue weighted by molar-refractivity contribution is 9.10. The Labute approximate surface area is 162 Å². The topological polar surface area (TPSA) is 42.0 Å². The molecule has 0 N–H and O–H groups in total. The van der Waals surface area contributed by atoms with Crippen molar-refractivity contribution in [2.75, 3.05) is 40.9 Å². The van der Waals surface area contributed by atoms with Gasteiger partial charge in [-0.05, 0) is 40.7 Å². The Morgan fingerprint density at radius 2 is 1.69 bits per heavy atom. The van der Waals surface area contributed by atoms with Gasteiger partial charge in [0.1, 0.15) is 16.0 Å². The molecule has 3 rings (SSSR count). The summed E-state index contributed by atoms with van der Waals surface area (Å²) in [5, 5.41) is 0. The van der Waals surface area contributed by atoms with Crippen LogP contribution in [0.2, 0.25) is 0 Å². The molecular formula is C20H23BrN2O3. The lowest BCUT2D eigenvalue weighted by atomic mass is 10.0. The fourth-order valence-electron chi connectivity index (χ4n) is 3.28. The highest BCUT2D eigenvalue weighted by Gasteiger charge is 2.31. The van der Waals surface area contributed by atoms with Crippen LogP contribution in [0.3, 0.4) is 0 Å². The van der Waals surface area contributed by atoms with Gasteiger partial charge in [0.2, 0.25) is 0 Å².